The fourth-order valence-electron chi connectivity index (χ4n) is 3.01. The van der Waals surface area contributed by atoms with Gasteiger partial charge in [0.05, 0.1) is 54.7 Å². The average Bonchev–Trinajstić information content (AvgIpc) is 3.38. The summed E-state index contributed by atoms with van der Waals surface area (Å²) in [4.78, 5) is 23.8. The number of carbonyl (C=O) groups is 1. The first-order chi connectivity index (χ1) is 13.1. The van der Waals surface area contributed by atoms with Gasteiger partial charge in [-0.3, -0.25) is 4.79 Å². The summed E-state index contributed by atoms with van der Waals surface area (Å²) in [5.74, 6) is 0.0457. The van der Waals surface area contributed by atoms with Gasteiger partial charge in [0.25, 0.3) is 0 Å². The van der Waals surface area contributed by atoms with Crippen LogP contribution in [0.25, 0.3) is 22.2 Å². The van der Waals surface area contributed by atoms with Gasteiger partial charge >= 0.3 is 0 Å². The Hall–Kier alpha value is -3.11. The standard InChI is InChI=1S/C19H16ClN5O2/c1-27-18-9-22-17(8-23-18)14-5-16-10(4-15(14)20)2-12(25-16)7-24-19(26)13-3-11(13)6-21/h2,4-5,8-9,11,13,25H,3,7H2,1H3,(H,24,26)/t11-,13+/m0/s1. The number of methoxy groups -OCH3 is 1. The van der Waals surface area contributed by atoms with Crippen LogP contribution < -0.4 is 10.1 Å². The third-order valence-electron chi connectivity index (χ3n) is 4.62. The number of benzene rings is 1. The summed E-state index contributed by atoms with van der Waals surface area (Å²) in [6.07, 6.45) is 3.80. The highest BCUT2D eigenvalue weighted by Gasteiger charge is 2.43. The Balaban J connectivity index is 1.54. The summed E-state index contributed by atoms with van der Waals surface area (Å²) in [5, 5.41) is 13.2. The number of aromatic amines is 1. The summed E-state index contributed by atoms with van der Waals surface area (Å²) in [7, 11) is 1.53. The Morgan fingerprint density at radius 3 is 2.93 bits per heavy atom. The molecule has 4 rings (SSSR count). The van der Waals surface area contributed by atoms with Crippen molar-refractivity contribution in [2.24, 2.45) is 11.8 Å². The lowest BCUT2D eigenvalue weighted by atomic mass is 10.1. The van der Waals surface area contributed by atoms with Crippen molar-refractivity contribution in [1.29, 1.82) is 5.26 Å². The van der Waals surface area contributed by atoms with Crippen molar-refractivity contribution in [3.63, 3.8) is 0 Å². The first-order valence-corrected chi connectivity index (χ1v) is 8.81. The van der Waals surface area contributed by atoms with E-state index in [1.54, 1.807) is 6.20 Å². The third-order valence-corrected chi connectivity index (χ3v) is 4.94. The summed E-state index contributed by atoms with van der Waals surface area (Å²) in [6.45, 7) is 0.372. The van der Waals surface area contributed by atoms with E-state index in [2.05, 4.69) is 26.3 Å². The minimum absolute atomic E-state index is 0.0764. The monoisotopic (exact) mass is 381 g/mol. The molecule has 7 nitrogen and oxygen atoms in total. The van der Waals surface area contributed by atoms with Gasteiger partial charge in [-0.25, -0.2) is 9.97 Å². The fraction of sp³-hybridized carbons (Fsp3) is 0.263. The van der Waals surface area contributed by atoms with Crippen molar-refractivity contribution in [3.05, 3.63) is 41.3 Å². The van der Waals surface area contributed by atoms with Gasteiger partial charge in [-0.15, -0.1) is 0 Å². The molecule has 2 aromatic heterocycles. The molecule has 2 N–H and O–H groups in total. The van der Waals surface area contributed by atoms with Gasteiger partial charge in [-0.1, -0.05) is 11.6 Å². The second-order valence-corrected chi connectivity index (χ2v) is 6.86. The van der Waals surface area contributed by atoms with Crippen LogP contribution in [0.1, 0.15) is 12.1 Å². The number of ether oxygens (including phenoxy) is 1. The molecule has 0 radical (unpaired) electrons. The second-order valence-electron chi connectivity index (χ2n) is 6.45. The van der Waals surface area contributed by atoms with Gasteiger partial charge in [0.1, 0.15) is 0 Å². The number of nitrogens with one attached hydrogen (secondary N) is 2. The largest absolute Gasteiger partial charge is 0.480 e. The van der Waals surface area contributed by atoms with Crippen LogP contribution in [-0.2, 0) is 11.3 Å². The van der Waals surface area contributed by atoms with Crippen molar-refractivity contribution >= 4 is 28.4 Å². The molecule has 136 valence electrons. The van der Waals surface area contributed by atoms with Crippen LogP contribution in [-0.4, -0.2) is 28.0 Å². The Morgan fingerprint density at radius 1 is 1.41 bits per heavy atom. The lowest BCUT2D eigenvalue weighted by Gasteiger charge is -2.05. The first-order valence-electron chi connectivity index (χ1n) is 8.44. The van der Waals surface area contributed by atoms with E-state index in [0.717, 1.165) is 22.2 Å². The summed E-state index contributed by atoms with van der Waals surface area (Å²) in [5.41, 5.74) is 3.15. The molecule has 1 saturated carbocycles. The highest BCUT2D eigenvalue weighted by atomic mass is 35.5. The zero-order valence-electron chi connectivity index (χ0n) is 14.5. The average molecular weight is 382 g/mol. The van der Waals surface area contributed by atoms with E-state index in [1.807, 2.05) is 18.2 Å². The molecular weight excluding hydrogens is 366 g/mol. The molecule has 0 spiro atoms. The van der Waals surface area contributed by atoms with E-state index in [9.17, 15) is 4.79 Å². The van der Waals surface area contributed by atoms with E-state index in [0.29, 0.717) is 29.6 Å². The molecule has 0 unspecified atom stereocenters. The first kappa shape index (κ1) is 17.3. The normalized spacial score (nSPS) is 18.1. The molecule has 2 heterocycles. The number of aromatic nitrogens is 3. The molecule has 1 aliphatic rings. The van der Waals surface area contributed by atoms with Crippen LogP contribution in [0.4, 0.5) is 0 Å². The smallest absolute Gasteiger partial charge is 0.232 e. The Bertz CT molecular complexity index is 1050. The minimum Gasteiger partial charge on any atom is -0.480 e. The maximum absolute atomic E-state index is 12.0. The molecule has 27 heavy (non-hydrogen) atoms. The van der Waals surface area contributed by atoms with Crippen molar-refractivity contribution in [1.82, 2.24) is 20.3 Å². The highest BCUT2D eigenvalue weighted by Crippen LogP contribution is 2.37. The molecule has 1 amide bonds. The van der Waals surface area contributed by atoms with Gasteiger partial charge in [-0.2, -0.15) is 5.26 Å². The molecule has 1 fully saturated rings. The van der Waals surface area contributed by atoms with E-state index in [1.165, 1.54) is 13.3 Å². The molecule has 0 saturated heterocycles. The second kappa shape index (κ2) is 6.89. The number of carbonyl (C=O) groups excluding carboxylic acids is 1. The summed E-state index contributed by atoms with van der Waals surface area (Å²) >= 11 is 6.42. The van der Waals surface area contributed by atoms with Crippen molar-refractivity contribution in [2.75, 3.05) is 7.11 Å². The number of H-pyrrole nitrogens is 1. The van der Waals surface area contributed by atoms with Crippen molar-refractivity contribution < 1.29 is 9.53 Å². The zero-order chi connectivity index (χ0) is 19.0. The number of nitrogens with zero attached hydrogens (tertiary/aromatic N) is 3. The molecule has 1 aromatic carbocycles. The van der Waals surface area contributed by atoms with Crippen molar-refractivity contribution in [3.8, 4) is 23.2 Å². The molecule has 1 aliphatic carbocycles. The SMILES string of the molecule is COc1cnc(-c2cc3[nH]c(CNC(=O)[C@@H]4C[C@H]4C#N)cc3cc2Cl)cn1. The van der Waals surface area contributed by atoms with Crippen LogP contribution in [0, 0.1) is 23.2 Å². The molecular formula is C19H16ClN5O2. The number of nitriles is 1. The van der Waals surface area contributed by atoms with Gasteiger partial charge in [-0.05, 0) is 24.6 Å². The number of rotatable bonds is 5. The van der Waals surface area contributed by atoms with Crippen LogP contribution in [0.15, 0.2) is 30.6 Å². The topological polar surface area (TPSA) is 104 Å². The van der Waals surface area contributed by atoms with Crippen LogP contribution in [0.5, 0.6) is 5.88 Å². The maximum Gasteiger partial charge on any atom is 0.232 e. The highest BCUT2D eigenvalue weighted by molar-refractivity contribution is 6.34. The number of amides is 1. The van der Waals surface area contributed by atoms with E-state index >= 15 is 0 Å². The molecule has 0 bridgehead atoms. The van der Waals surface area contributed by atoms with E-state index in [4.69, 9.17) is 21.6 Å². The minimum atomic E-state index is -0.172. The Labute approximate surface area is 160 Å². The molecule has 0 aliphatic heterocycles. The third kappa shape index (κ3) is 3.44. The summed E-state index contributed by atoms with van der Waals surface area (Å²) in [6, 6.07) is 7.83. The van der Waals surface area contributed by atoms with Crippen LogP contribution in [0.3, 0.4) is 0 Å². The van der Waals surface area contributed by atoms with Crippen molar-refractivity contribution in [2.45, 2.75) is 13.0 Å². The number of halogens is 1. The number of hydrogen-bond donors (Lipinski definition) is 2. The number of fused-ring (bicyclic) bond motifs is 1. The van der Waals surface area contributed by atoms with Gasteiger partial charge in [0.2, 0.25) is 11.8 Å². The zero-order valence-corrected chi connectivity index (χ0v) is 15.2. The Morgan fingerprint density at radius 2 is 2.26 bits per heavy atom. The van der Waals surface area contributed by atoms with Crippen LogP contribution >= 0.6 is 11.6 Å². The van der Waals surface area contributed by atoms with E-state index < -0.39 is 0 Å². The fourth-order valence-corrected chi connectivity index (χ4v) is 3.28. The van der Waals surface area contributed by atoms with Gasteiger partial charge in [0.15, 0.2) is 0 Å². The molecule has 8 heteroatoms. The maximum atomic E-state index is 12.0. The predicted molar refractivity (Wildman–Crippen MR) is 99.9 cm³/mol. The molecule has 2 atom stereocenters. The van der Waals surface area contributed by atoms with E-state index in [-0.39, 0.29) is 17.7 Å². The van der Waals surface area contributed by atoms with Crippen LogP contribution in [0.2, 0.25) is 5.02 Å². The van der Waals surface area contributed by atoms with Gasteiger partial charge in [0, 0.05) is 22.2 Å². The van der Waals surface area contributed by atoms with Gasteiger partial charge < -0.3 is 15.0 Å². The lowest BCUT2D eigenvalue weighted by Crippen LogP contribution is -2.25. The predicted octanol–water partition coefficient (Wildman–Crippen LogP) is 3.06. The number of hydrogen-bond acceptors (Lipinski definition) is 5. The summed E-state index contributed by atoms with van der Waals surface area (Å²) < 4.78 is 5.02. The Kier molecular flexibility index (Phi) is 4.42. The lowest BCUT2D eigenvalue weighted by molar-refractivity contribution is -0.122. The quantitative estimate of drug-likeness (QED) is 0.706. The molecule has 3 aromatic rings.